The maximum Gasteiger partial charge on any atom is 0.374 e. The normalized spacial score (nSPS) is 12.2. The van der Waals surface area contributed by atoms with Crippen molar-refractivity contribution in [2.45, 2.75) is 13.8 Å². The fourth-order valence-electron chi connectivity index (χ4n) is 1.17. The number of rotatable bonds is 6. The van der Waals surface area contributed by atoms with Gasteiger partial charge in [-0.25, -0.2) is 9.18 Å². The van der Waals surface area contributed by atoms with Crippen LogP contribution >= 0.6 is 15.9 Å². The van der Waals surface area contributed by atoms with Crippen molar-refractivity contribution in [3.63, 3.8) is 0 Å². The molecule has 0 aromatic rings. The van der Waals surface area contributed by atoms with E-state index in [1.165, 1.54) is 11.8 Å². The molecule has 0 unspecified atom stereocenters. The lowest BCUT2D eigenvalue weighted by Gasteiger charge is -2.24. The Kier molecular flexibility index (Phi) is 24.9. The summed E-state index contributed by atoms with van der Waals surface area (Å²) in [4.78, 5) is 43.0. The Labute approximate surface area is 166 Å². The molecule has 0 saturated carbocycles. The van der Waals surface area contributed by atoms with Crippen LogP contribution < -0.4 is 16.8 Å². The lowest BCUT2D eigenvalue weighted by molar-refractivity contribution is -0.152. The summed E-state index contributed by atoms with van der Waals surface area (Å²) < 4.78 is 26.7. The second kappa shape index (κ2) is 22.4. The van der Waals surface area contributed by atoms with E-state index in [1.807, 2.05) is 0 Å². The molecule has 0 bridgehead atoms. The van der Waals surface area contributed by atoms with E-state index in [1.54, 1.807) is 6.92 Å². The number of esters is 1. The predicted octanol–water partition coefficient (Wildman–Crippen LogP) is -0.693. The van der Waals surface area contributed by atoms with Crippen molar-refractivity contribution in [2.24, 2.45) is 11.5 Å². The van der Waals surface area contributed by atoms with E-state index in [0.29, 0.717) is 31.5 Å². The van der Waals surface area contributed by atoms with E-state index in [0.717, 1.165) is 0 Å². The summed E-state index contributed by atoms with van der Waals surface area (Å²) in [6.45, 7) is 4.28. The third-order valence-electron chi connectivity index (χ3n) is 2.30. The summed E-state index contributed by atoms with van der Waals surface area (Å²) in [6.07, 6.45) is 0. The van der Waals surface area contributed by atoms with Gasteiger partial charge >= 0.3 is 17.8 Å². The largest absolute Gasteiger partial charge is 0.460 e. The van der Waals surface area contributed by atoms with Gasteiger partial charge in [0.2, 0.25) is 5.78 Å². The summed E-state index contributed by atoms with van der Waals surface area (Å²) in [7, 11) is 0. The number of carbonyl (C=O) groups excluding carboxylic acids is 4. The molecule has 1 saturated heterocycles. The molecule has 1 aliphatic rings. The molecule has 0 aliphatic carbocycles. The Morgan fingerprint density at radius 2 is 1.74 bits per heavy atom. The number of amides is 2. The molecular formula is C15H29BrF2N4O5. The van der Waals surface area contributed by atoms with Crippen LogP contribution in [0.15, 0.2) is 0 Å². The predicted molar refractivity (Wildman–Crippen MR) is 101 cm³/mol. The van der Waals surface area contributed by atoms with Crippen molar-refractivity contribution in [1.29, 1.82) is 0 Å². The van der Waals surface area contributed by atoms with Gasteiger partial charge in [-0.3, -0.25) is 18.8 Å². The maximum atomic E-state index is 11.8. The minimum Gasteiger partial charge on any atom is -0.460 e. The molecule has 1 rings (SSSR count). The Bertz CT molecular complexity index is 421. The molecule has 1 fully saturated rings. The molecule has 5 N–H and O–H groups in total. The van der Waals surface area contributed by atoms with Crippen molar-refractivity contribution < 1.29 is 32.7 Å². The first kappa shape index (κ1) is 30.1. The van der Waals surface area contributed by atoms with E-state index in [9.17, 15) is 28.0 Å². The number of nitrogens with one attached hydrogen (secondary N) is 1. The molecule has 9 nitrogen and oxygen atoms in total. The Morgan fingerprint density at radius 3 is 2.04 bits per heavy atom. The highest BCUT2D eigenvalue weighted by Gasteiger charge is 2.25. The first-order chi connectivity index (χ1) is 12.8. The zero-order chi connectivity index (χ0) is 21.7. The monoisotopic (exact) mass is 462 g/mol. The smallest absolute Gasteiger partial charge is 0.374 e. The second-order valence-electron chi connectivity index (χ2n) is 4.47. The molecule has 160 valence electrons. The topological polar surface area (TPSA) is 145 Å². The SMILES string of the molecule is CCOC(=O)C(C)=O.FCCBr.NCCN.O=C1NCCN(CCF)C1=O. The first-order valence-electron chi connectivity index (χ1n) is 8.09. The van der Waals surface area contributed by atoms with Gasteiger partial charge in [-0.1, -0.05) is 15.9 Å². The molecule has 12 heteroatoms. The number of alkyl halides is 3. The zero-order valence-corrected chi connectivity index (χ0v) is 17.2. The number of ketones is 1. The molecule has 27 heavy (non-hydrogen) atoms. The maximum absolute atomic E-state index is 11.8. The van der Waals surface area contributed by atoms with E-state index >= 15 is 0 Å². The van der Waals surface area contributed by atoms with Crippen LogP contribution in [0.5, 0.6) is 0 Å². The van der Waals surface area contributed by atoms with E-state index in [4.69, 9.17) is 11.5 Å². The first-order valence-corrected chi connectivity index (χ1v) is 9.22. The number of hydrogen-bond acceptors (Lipinski definition) is 7. The highest BCUT2D eigenvalue weighted by atomic mass is 79.9. The van der Waals surface area contributed by atoms with Crippen LogP contribution in [0.1, 0.15) is 13.8 Å². The lowest BCUT2D eigenvalue weighted by atomic mass is 10.3. The number of hydrogen-bond donors (Lipinski definition) is 3. The number of Topliss-reactive ketones (excluding diaryl/α,β-unsaturated/α-hetero) is 1. The minimum atomic E-state index is -0.757. The van der Waals surface area contributed by atoms with Crippen molar-refractivity contribution in [1.82, 2.24) is 10.2 Å². The summed E-state index contributed by atoms with van der Waals surface area (Å²) in [5.74, 6) is -2.57. The Balaban J connectivity index is -0.000000316. The van der Waals surface area contributed by atoms with Crippen molar-refractivity contribution in [3.05, 3.63) is 0 Å². The van der Waals surface area contributed by atoms with Crippen LogP contribution in [0.25, 0.3) is 0 Å². The molecule has 0 radical (unpaired) electrons. The number of piperazine rings is 1. The summed E-state index contributed by atoms with van der Waals surface area (Å²) >= 11 is 2.87. The fourth-order valence-corrected chi connectivity index (χ4v) is 1.17. The van der Waals surface area contributed by atoms with Gasteiger partial charge in [0.1, 0.15) is 6.67 Å². The van der Waals surface area contributed by atoms with Gasteiger partial charge in [-0.2, -0.15) is 0 Å². The van der Waals surface area contributed by atoms with Crippen molar-refractivity contribution in [3.8, 4) is 0 Å². The van der Waals surface area contributed by atoms with E-state index in [2.05, 4.69) is 26.0 Å². The molecule has 1 aliphatic heterocycles. The third-order valence-corrected chi connectivity index (χ3v) is 2.60. The molecular weight excluding hydrogens is 434 g/mol. The number of nitrogens with two attached hydrogens (primary N) is 2. The third kappa shape index (κ3) is 20.5. The van der Waals surface area contributed by atoms with Crippen LogP contribution in [0.4, 0.5) is 8.78 Å². The van der Waals surface area contributed by atoms with Gasteiger partial charge in [0.05, 0.1) is 13.3 Å². The molecule has 0 aromatic heterocycles. The Hall–Kier alpha value is -1.66. The number of halogens is 3. The van der Waals surface area contributed by atoms with E-state index in [-0.39, 0.29) is 19.8 Å². The molecule has 0 spiro atoms. The summed E-state index contributed by atoms with van der Waals surface area (Å²) in [6, 6.07) is 0. The highest BCUT2D eigenvalue weighted by Crippen LogP contribution is 1.94. The fraction of sp³-hybridized carbons (Fsp3) is 0.733. The summed E-state index contributed by atoms with van der Waals surface area (Å²) in [5.41, 5.74) is 9.81. The van der Waals surface area contributed by atoms with Crippen LogP contribution in [-0.4, -0.2) is 86.5 Å². The molecule has 0 atom stereocenters. The van der Waals surface area contributed by atoms with Gasteiger partial charge in [0, 0.05) is 45.0 Å². The zero-order valence-electron chi connectivity index (χ0n) is 15.6. The number of nitrogens with zero attached hydrogens (tertiary/aromatic N) is 1. The quantitative estimate of drug-likeness (QED) is 0.269. The van der Waals surface area contributed by atoms with Gasteiger partial charge in [0.15, 0.2) is 0 Å². The van der Waals surface area contributed by atoms with Gasteiger partial charge in [-0.05, 0) is 6.92 Å². The summed E-state index contributed by atoms with van der Waals surface area (Å²) in [5, 5.41) is 2.83. The average Bonchev–Trinajstić information content (AvgIpc) is 2.66. The minimum absolute atomic E-state index is 0.0201. The second-order valence-corrected chi connectivity index (χ2v) is 5.26. The van der Waals surface area contributed by atoms with Gasteiger partial charge in [0.25, 0.3) is 0 Å². The van der Waals surface area contributed by atoms with Crippen molar-refractivity contribution >= 4 is 39.5 Å². The standard InChI is InChI=1S/C6H9FN2O2.C5H8O3.C2H4BrF.C2H8N2/c7-1-3-9-4-2-8-5(10)6(9)11;1-3-8-5(7)4(2)6;2*3-1-2-4/h1-4H2,(H,8,10);3H2,1-2H3;1-2H2;1-4H2. The van der Waals surface area contributed by atoms with Crippen LogP contribution in [0, 0.1) is 0 Å². The van der Waals surface area contributed by atoms with Gasteiger partial charge in [-0.15, -0.1) is 0 Å². The number of ether oxygens (including phenoxy) is 1. The Morgan fingerprint density at radius 1 is 1.22 bits per heavy atom. The van der Waals surface area contributed by atoms with Crippen LogP contribution in [0.2, 0.25) is 0 Å². The van der Waals surface area contributed by atoms with Crippen LogP contribution in [-0.2, 0) is 23.9 Å². The molecule has 2 amide bonds. The van der Waals surface area contributed by atoms with Gasteiger partial charge < -0.3 is 26.4 Å². The molecule has 1 heterocycles. The van der Waals surface area contributed by atoms with Crippen LogP contribution in [0.3, 0.4) is 0 Å². The number of carbonyl (C=O) groups is 4. The molecule has 0 aromatic carbocycles. The van der Waals surface area contributed by atoms with E-state index < -0.39 is 30.2 Å². The highest BCUT2D eigenvalue weighted by molar-refractivity contribution is 9.09. The average molecular weight is 463 g/mol. The van der Waals surface area contributed by atoms with Crippen molar-refractivity contribution in [2.75, 3.05) is 58.0 Å². The lowest BCUT2D eigenvalue weighted by Crippen LogP contribution is -2.52.